The molecule has 3 aromatic rings. The Kier molecular flexibility index (Phi) is 4.64. The van der Waals surface area contributed by atoms with E-state index in [0.29, 0.717) is 28.8 Å². The molecule has 11 heteroatoms. The number of nitrogens with zero attached hydrogens (tertiary/aromatic N) is 2. The van der Waals surface area contributed by atoms with E-state index in [4.69, 9.17) is 14.0 Å². The minimum Gasteiger partial charge on any atom is -0.434 e. The highest BCUT2D eigenvalue weighted by Crippen LogP contribution is 2.47. The van der Waals surface area contributed by atoms with Crippen LogP contribution in [0.15, 0.2) is 30.3 Å². The van der Waals surface area contributed by atoms with E-state index in [2.05, 4.69) is 10.3 Å². The molecule has 1 aromatic heterocycles. The van der Waals surface area contributed by atoms with Crippen molar-refractivity contribution in [1.82, 2.24) is 14.9 Å². The molecule has 3 aliphatic rings. The average Bonchev–Trinajstić information content (AvgIpc) is 3.31. The Morgan fingerprint density at radius 3 is 2.60 bits per heavy atom. The molecule has 0 saturated carbocycles. The van der Waals surface area contributed by atoms with Crippen LogP contribution in [0.2, 0.25) is 0 Å². The van der Waals surface area contributed by atoms with Gasteiger partial charge in [0, 0.05) is 22.7 Å². The van der Waals surface area contributed by atoms with Gasteiger partial charge in [0.25, 0.3) is 5.91 Å². The fourth-order valence-electron chi connectivity index (χ4n) is 5.20. The van der Waals surface area contributed by atoms with Crippen molar-refractivity contribution in [3.05, 3.63) is 53.1 Å². The van der Waals surface area contributed by atoms with Crippen LogP contribution in [0.4, 0.5) is 13.2 Å². The van der Waals surface area contributed by atoms with Gasteiger partial charge in [-0.15, -0.1) is 0 Å². The molecule has 2 aromatic carbocycles. The number of hydrogen-bond acceptors (Lipinski definition) is 5. The van der Waals surface area contributed by atoms with Gasteiger partial charge in [-0.2, -0.15) is 8.78 Å². The lowest BCUT2D eigenvalue weighted by atomic mass is 9.78. The summed E-state index contributed by atoms with van der Waals surface area (Å²) in [7, 11) is -0.927. The quantitative estimate of drug-likeness (QED) is 0.571. The summed E-state index contributed by atoms with van der Waals surface area (Å²) < 4.78 is 60.4. The summed E-state index contributed by atoms with van der Waals surface area (Å²) in [5, 5.41) is 2.92. The highest BCUT2D eigenvalue weighted by atomic mass is 19.3. The number of hydrogen-bond donors (Lipinski definition) is 1. The van der Waals surface area contributed by atoms with Crippen LogP contribution >= 0.6 is 0 Å². The van der Waals surface area contributed by atoms with Gasteiger partial charge >= 0.3 is 13.7 Å². The van der Waals surface area contributed by atoms with E-state index in [1.54, 1.807) is 12.1 Å². The topological polar surface area (TPSA) is 74.6 Å². The van der Waals surface area contributed by atoms with Gasteiger partial charge in [0.1, 0.15) is 17.4 Å². The zero-order chi connectivity index (χ0) is 24.9. The number of fused-ring (bicyclic) bond motifs is 9. The Balaban J connectivity index is 1.53. The summed E-state index contributed by atoms with van der Waals surface area (Å²) in [6.07, 6.45) is 0.407. The zero-order valence-corrected chi connectivity index (χ0v) is 19.6. The molecule has 35 heavy (non-hydrogen) atoms. The molecule has 1 N–H and O–H groups in total. The van der Waals surface area contributed by atoms with Crippen LogP contribution in [-0.4, -0.2) is 40.4 Å². The van der Waals surface area contributed by atoms with E-state index in [9.17, 15) is 13.6 Å². The van der Waals surface area contributed by atoms with E-state index >= 15 is 4.39 Å². The van der Waals surface area contributed by atoms with Gasteiger partial charge < -0.3 is 23.9 Å². The number of imidazole rings is 1. The maximum Gasteiger partial charge on any atom is 0.497 e. The largest absolute Gasteiger partial charge is 0.497 e. The fraction of sp³-hybridized carbons (Fsp3) is 0.417. The smallest absolute Gasteiger partial charge is 0.434 e. The fourth-order valence-corrected chi connectivity index (χ4v) is 5.20. The van der Waals surface area contributed by atoms with Crippen molar-refractivity contribution in [3.8, 4) is 5.75 Å². The van der Waals surface area contributed by atoms with Gasteiger partial charge in [-0.3, -0.25) is 4.79 Å². The lowest BCUT2D eigenvalue weighted by Gasteiger charge is -2.32. The summed E-state index contributed by atoms with van der Waals surface area (Å²) in [5.41, 5.74) is 0.503. The molecule has 2 atom stereocenters. The van der Waals surface area contributed by atoms with Crippen molar-refractivity contribution in [2.45, 2.75) is 64.0 Å². The van der Waals surface area contributed by atoms with Crippen molar-refractivity contribution < 1.29 is 32.0 Å². The van der Waals surface area contributed by atoms with Crippen LogP contribution in [0.3, 0.4) is 0 Å². The van der Waals surface area contributed by atoms with Crippen LogP contribution in [-0.2, 0) is 9.31 Å². The van der Waals surface area contributed by atoms with Gasteiger partial charge in [0.15, 0.2) is 0 Å². The Morgan fingerprint density at radius 2 is 1.91 bits per heavy atom. The van der Waals surface area contributed by atoms with E-state index in [0.717, 1.165) is 0 Å². The molecule has 6 rings (SSSR count). The Labute approximate surface area is 199 Å². The predicted octanol–water partition coefficient (Wildman–Crippen LogP) is 3.85. The summed E-state index contributed by atoms with van der Waals surface area (Å²) >= 11 is 0. The van der Waals surface area contributed by atoms with Crippen LogP contribution in [0.1, 0.15) is 67.9 Å². The Morgan fingerprint density at radius 1 is 1.20 bits per heavy atom. The van der Waals surface area contributed by atoms with Crippen molar-refractivity contribution in [2.75, 3.05) is 0 Å². The number of aromatic nitrogens is 2. The average molecular weight is 485 g/mol. The second kappa shape index (κ2) is 7.24. The molecule has 4 heterocycles. The number of amides is 1. The van der Waals surface area contributed by atoms with Crippen LogP contribution in [0, 0.1) is 5.82 Å². The first-order valence-electron chi connectivity index (χ1n) is 11.4. The molecule has 0 spiro atoms. The van der Waals surface area contributed by atoms with Crippen LogP contribution in [0.5, 0.6) is 5.75 Å². The molecular formula is C24H23BF3N3O4. The van der Waals surface area contributed by atoms with E-state index in [1.165, 1.54) is 18.2 Å². The monoisotopic (exact) mass is 485 g/mol. The number of carbonyl (C=O) groups excluding carboxylic acids is 1. The standard InChI is InChI=1S/C24H23BF3N3O4/c1-23(2)24(3,4)35-25(34-23)12-8-16-14(9-13(12)26)29-20-15-10-17(31(16)20)19-11(21(32)30-15)6-5-7-18(19)33-22(27)28/h5-9,15,17,22H,10H2,1-4H3,(H,30,32)/t15-,17-/m1/s1. The number of rotatable bonds is 3. The third kappa shape index (κ3) is 3.21. The molecule has 182 valence electrons. The number of ether oxygens (including phenoxy) is 1. The van der Waals surface area contributed by atoms with Crippen LogP contribution in [0.25, 0.3) is 11.0 Å². The van der Waals surface area contributed by atoms with Crippen molar-refractivity contribution in [1.29, 1.82) is 0 Å². The number of halogens is 3. The minimum absolute atomic E-state index is 0.0682. The van der Waals surface area contributed by atoms with Gasteiger partial charge in [-0.05, 0) is 52.3 Å². The zero-order valence-electron chi connectivity index (χ0n) is 19.6. The molecule has 1 saturated heterocycles. The third-order valence-corrected chi connectivity index (χ3v) is 7.59. The van der Waals surface area contributed by atoms with Crippen molar-refractivity contribution in [3.63, 3.8) is 0 Å². The van der Waals surface area contributed by atoms with E-state index < -0.39 is 48.7 Å². The highest BCUT2D eigenvalue weighted by Gasteiger charge is 2.53. The second-order valence-electron chi connectivity index (χ2n) is 10.2. The number of carbonyl (C=O) groups is 1. The summed E-state index contributed by atoms with van der Waals surface area (Å²) in [6, 6.07) is 6.49. The first-order valence-corrected chi connectivity index (χ1v) is 11.4. The van der Waals surface area contributed by atoms with E-state index in [-0.39, 0.29) is 16.8 Å². The SMILES string of the molecule is CC1(C)OB(c2cc3c(cc2F)nc2n3[C@@H]3C[C@H]2NC(=O)c2cccc(OC(F)F)c23)OC1(C)C. The van der Waals surface area contributed by atoms with E-state index in [1.807, 2.05) is 32.3 Å². The molecule has 3 aliphatic heterocycles. The van der Waals surface area contributed by atoms with Crippen molar-refractivity contribution in [2.24, 2.45) is 0 Å². The van der Waals surface area contributed by atoms with Crippen molar-refractivity contribution >= 4 is 29.5 Å². The number of alkyl halides is 2. The third-order valence-electron chi connectivity index (χ3n) is 7.59. The highest BCUT2D eigenvalue weighted by molar-refractivity contribution is 6.62. The Hall–Kier alpha value is -3.05. The maximum absolute atomic E-state index is 15.2. The molecular weight excluding hydrogens is 462 g/mol. The molecule has 1 fully saturated rings. The molecule has 1 amide bonds. The van der Waals surface area contributed by atoms with Gasteiger partial charge in [0.2, 0.25) is 0 Å². The molecule has 0 aliphatic carbocycles. The summed E-state index contributed by atoms with van der Waals surface area (Å²) in [6.45, 7) is 4.49. The molecule has 2 bridgehead atoms. The predicted molar refractivity (Wildman–Crippen MR) is 121 cm³/mol. The minimum atomic E-state index is -3.05. The first-order chi connectivity index (χ1) is 16.5. The van der Waals surface area contributed by atoms with Gasteiger partial charge in [-0.25, -0.2) is 9.37 Å². The normalized spacial score (nSPS) is 23.9. The first kappa shape index (κ1) is 22.4. The summed E-state index contributed by atoms with van der Waals surface area (Å²) in [4.78, 5) is 17.5. The van der Waals surface area contributed by atoms with Crippen LogP contribution < -0.4 is 15.5 Å². The maximum atomic E-state index is 15.2. The lowest BCUT2D eigenvalue weighted by Crippen LogP contribution is -2.41. The second-order valence-corrected chi connectivity index (χ2v) is 10.2. The molecule has 7 nitrogen and oxygen atoms in total. The summed E-state index contributed by atoms with van der Waals surface area (Å²) in [5.74, 6) is -0.459. The Bertz CT molecular complexity index is 1370. The number of benzene rings is 2. The number of nitrogens with one attached hydrogen (secondary N) is 1. The molecule has 0 unspecified atom stereocenters. The lowest BCUT2D eigenvalue weighted by molar-refractivity contribution is -0.0507. The van der Waals surface area contributed by atoms with Gasteiger partial charge in [0.05, 0.1) is 34.3 Å². The molecule has 0 radical (unpaired) electrons. The van der Waals surface area contributed by atoms with Gasteiger partial charge in [-0.1, -0.05) is 6.07 Å².